The number of nitrogens with zero attached hydrogens (tertiary/aromatic N) is 6. The molecule has 32 heavy (non-hydrogen) atoms. The Balaban J connectivity index is 1.56. The molecule has 1 amide bonds. The van der Waals surface area contributed by atoms with E-state index in [0.717, 1.165) is 48.2 Å². The van der Waals surface area contributed by atoms with Crippen molar-refractivity contribution in [3.8, 4) is 16.8 Å². The number of tetrazole rings is 1. The number of hydrogen-bond donors (Lipinski definition) is 0. The number of amides is 1. The molecule has 0 aliphatic carbocycles. The fourth-order valence-corrected chi connectivity index (χ4v) is 4.32. The van der Waals surface area contributed by atoms with Crippen LogP contribution in [0.5, 0.6) is 0 Å². The largest absolute Gasteiger partial charge is 0.332 e. The minimum absolute atomic E-state index is 0.0156. The predicted octanol–water partition coefficient (Wildman–Crippen LogP) is 4.40. The molecule has 7 nitrogen and oxygen atoms in total. The Kier molecular flexibility index (Phi) is 5.46. The van der Waals surface area contributed by atoms with E-state index >= 15 is 0 Å². The van der Waals surface area contributed by atoms with Crippen LogP contribution >= 0.6 is 0 Å². The van der Waals surface area contributed by atoms with E-state index in [0.29, 0.717) is 5.56 Å². The van der Waals surface area contributed by atoms with Gasteiger partial charge in [0.25, 0.3) is 5.91 Å². The van der Waals surface area contributed by atoms with Crippen LogP contribution in [-0.4, -0.2) is 42.5 Å². The molecule has 7 heteroatoms. The van der Waals surface area contributed by atoms with Crippen LogP contribution in [0.25, 0.3) is 16.8 Å². The monoisotopic (exact) mass is 424 g/mol. The number of pyridine rings is 1. The van der Waals surface area contributed by atoms with Gasteiger partial charge < -0.3 is 4.90 Å². The number of likely N-dealkylation sites (tertiary alicyclic amines) is 1. The van der Waals surface area contributed by atoms with Crippen molar-refractivity contribution >= 4 is 5.91 Å². The summed E-state index contributed by atoms with van der Waals surface area (Å²) < 4.78 is 1.59. The number of carbonyl (C=O) groups is 1. The Bertz CT molecular complexity index is 1210. The van der Waals surface area contributed by atoms with Gasteiger partial charge >= 0.3 is 0 Å². The summed E-state index contributed by atoms with van der Waals surface area (Å²) in [7, 11) is 0. The second-order valence-corrected chi connectivity index (χ2v) is 8.19. The maximum Gasteiger partial charge on any atom is 0.254 e. The first-order valence-electron chi connectivity index (χ1n) is 10.9. The number of carbonyl (C=O) groups excluding carboxylic acids is 1. The van der Waals surface area contributed by atoms with E-state index in [1.807, 2.05) is 35.4 Å². The average molecular weight is 425 g/mol. The molecule has 0 saturated carbocycles. The first kappa shape index (κ1) is 20.1. The van der Waals surface area contributed by atoms with Crippen molar-refractivity contribution in [2.24, 2.45) is 0 Å². The maximum absolute atomic E-state index is 13.8. The van der Waals surface area contributed by atoms with Gasteiger partial charge in [0.1, 0.15) is 6.33 Å². The molecule has 4 aromatic rings. The summed E-state index contributed by atoms with van der Waals surface area (Å²) in [5, 5.41) is 11.6. The predicted molar refractivity (Wildman–Crippen MR) is 121 cm³/mol. The summed E-state index contributed by atoms with van der Waals surface area (Å²) in [5.41, 5.74) is 5.65. The quantitative estimate of drug-likeness (QED) is 0.485. The molecular formula is C25H24N6O. The molecule has 0 bridgehead atoms. The summed E-state index contributed by atoms with van der Waals surface area (Å²) >= 11 is 0. The van der Waals surface area contributed by atoms with Crippen molar-refractivity contribution in [2.75, 3.05) is 6.54 Å². The summed E-state index contributed by atoms with van der Waals surface area (Å²) in [6, 6.07) is 18.1. The molecule has 1 atom stereocenters. The zero-order chi connectivity index (χ0) is 21.9. The van der Waals surface area contributed by atoms with E-state index < -0.39 is 0 Å². The minimum atomic E-state index is 0.0156. The summed E-state index contributed by atoms with van der Waals surface area (Å²) in [4.78, 5) is 20.0. The molecule has 0 N–H and O–H groups in total. The molecule has 2 aromatic heterocycles. The van der Waals surface area contributed by atoms with Crippen molar-refractivity contribution in [2.45, 2.75) is 32.2 Å². The van der Waals surface area contributed by atoms with Gasteiger partial charge in [0, 0.05) is 24.5 Å². The fourth-order valence-electron chi connectivity index (χ4n) is 4.32. The molecule has 1 saturated heterocycles. The lowest BCUT2D eigenvalue weighted by molar-refractivity contribution is 0.0611. The van der Waals surface area contributed by atoms with Crippen LogP contribution in [0.4, 0.5) is 0 Å². The maximum atomic E-state index is 13.8. The van der Waals surface area contributed by atoms with Crippen LogP contribution < -0.4 is 0 Å². The van der Waals surface area contributed by atoms with E-state index in [-0.39, 0.29) is 11.9 Å². The first-order valence-corrected chi connectivity index (χ1v) is 10.9. The van der Waals surface area contributed by atoms with Crippen molar-refractivity contribution in [3.05, 3.63) is 90.0 Å². The van der Waals surface area contributed by atoms with Gasteiger partial charge in [-0.1, -0.05) is 35.9 Å². The molecule has 0 radical (unpaired) electrons. The number of piperidine rings is 1. The molecule has 0 spiro atoms. The van der Waals surface area contributed by atoms with Crippen molar-refractivity contribution < 1.29 is 4.79 Å². The van der Waals surface area contributed by atoms with Gasteiger partial charge in [0.2, 0.25) is 0 Å². The van der Waals surface area contributed by atoms with Crippen LogP contribution in [0.15, 0.2) is 73.3 Å². The van der Waals surface area contributed by atoms with E-state index in [1.165, 1.54) is 5.56 Å². The van der Waals surface area contributed by atoms with Crippen LogP contribution in [0.1, 0.15) is 46.8 Å². The second-order valence-electron chi connectivity index (χ2n) is 8.19. The van der Waals surface area contributed by atoms with Gasteiger partial charge in [-0.2, -0.15) is 0 Å². The molecule has 1 aliphatic rings. The first-order chi connectivity index (χ1) is 15.7. The van der Waals surface area contributed by atoms with Gasteiger partial charge in [0.15, 0.2) is 0 Å². The highest BCUT2D eigenvalue weighted by molar-refractivity contribution is 5.96. The average Bonchev–Trinajstić information content (AvgIpc) is 3.40. The zero-order valence-electron chi connectivity index (χ0n) is 17.9. The van der Waals surface area contributed by atoms with E-state index in [1.54, 1.807) is 17.2 Å². The highest BCUT2D eigenvalue weighted by Gasteiger charge is 2.29. The Morgan fingerprint density at radius 2 is 1.91 bits per heavy atom. The molecule has 2 aromatic carbocycles. The minimum Gasteiger partial charge on any atom is -0.332 e. The molecule has 1 aliphatic heterocycles. The second kappa shape index (κ2) is 8.70. The molecule has 1 fully saturated rings. The molecular weight excluding hydrogens is 400 g/mol. The fraction of sp³-hybridized carbons (Fsp3) is 0.240. The van der Waals surface area contributed by atoms with Gasteiger partial charge in [-0.25, -0.2) is 4.68 Å². The Labute approximate surface area is 186 Å². The van der Waals surface area contributed by atoms with Crippen molar-refractivity contribution in [1.29, 1.82) is 0 Å². The van der Waals surface area contributed by atoms with Crippen molar-refractivity contribution in [1.82, 2.24) is 30.1 Å². The Hall–Kier alpha value is -3.87. The summed E-state index contributed by atoms with van der Waals surface area (Å²) in [6.45, 7) is 2.79. The number of hydrogen-bond acceptors (Lipinski definition) is 5. The molecule has 3 heterocycles. The smallest absolute Gasteiger partial charge is 0.254 e. The normalized spacial score (nSPS) is 16.2. The third kappa shape index (κ3) is 4.01. The number of aromatic nitrogens is 5. The summed E-state index contributed by atoms with van der Waals surface area (Å²) in [5.74, 6) is 0.0156. The van der Waals surface area contributed by atoms with Crippen LogP contribution in [0.3, 0.4) is 0 Å². The SMILES string of the molecule is Cc1ccc(-c2cc(C(=O)N3CCCCC3c3cccnc3)cc(-n3cnnn3)c2)cc1. The van der Waals surface area contributed by atoms with Crippen LogP contribution in [0.2, 0.25) is 0 Å². The van der Waals surface area contributed by atoms with Gasteiger partial charge in [-0.3, -0.25) is 9.78 Å². The highest BCUT2D eigenvalue weighted by Crippen LogP contribution is 2.33. The van der Waals surface area contributed by atoms with E-state index in [2.05, 4.69) is 57.8 Å². The third-order valence-electron chi connectivity index (χ3n) is 6.00. The number of aryl methyl sites for hydroxylation is 1. The van der Waals surface area contributed by atoms with Crippen LogP contribution in [-0.2, 0) is 0 Å². The Morgan fingerprint density at radius 1 is 1.03 bits per heavy atom. The lowest BCUT2D eigenvalue weighted by atomic mass is 9.94. The lowest BCUT2D eigenvalue weighted by Crippen LogP contribution is -2.38. The van der Waals surface area contributed by atoms with Crippen molar-refractivity contribution in [3.63, 3.8) is 0 Å². The van der Waals surface area contributed by atoms with Gasteiger partial charge in [0.05, 0.1) is 11.7 Å². The third-order valence-corrected chi connectivity index (χ3v) is 6.00. The highest BCUT2D eigenvalue weighted by atomic mass is 16.2. The van der Waals surface area contributed by atoms with Crippen LogP contribution in [0, 0.1) is 6.92 Å². The van der Waals surface area contributed by atoms with Gasteiger partial charge in [-0.15, -0.1) is 5.10 Å². The zero-order valence-corrected chi connectivity index (χ0v) is 17.9. The molecule has 1 unspecified atom stereocenters. The summed E-state index contributed by atoms with van der Waals surface area (Å²) in [6.07, 6.45) is 8.22. The Morgan fingerprint density at radius 3 is 2.66 bits per heavy atom. The van der Waals surface area contributed by atoms with E-state index in [4.69, 9.17) is 0 Å². The number of rotatable bonds is 4. The van der Waals surface area contributed by atoms with E-state index in [9.17, 15) is 4.79 Å². The van der Waals surface area contributed by atoms with Gasteiger partial charge in [-0.05, 0) is 77.6 Å². The molecule has 5 rings (SSSR count). The standard InChI is InChI=1S/C25H24N6O/c1-18-7-9-19(10-8-18)21-13-22(15-23(14-21)31-17-27-28-29-31)25(32)30-12-3-2-6-24(30)20-5-4-11-26-16-20/h4-5,7-11,13-17,24H,2-3,6,12H2,1H3. The molecule has 160 valence electrons. The number of benzene rings is 2. The topological polar surface area (TPSA) is 76.8 Å². The lowest BCUT2D eigenvalue weighted by Gasteiger charge is -2.36.